The maximum atomic E-state index is 10.3. The van der Waals surface area contributed by atoms with Crippen molar-refractivity contribution in [1.82, 2.24) is 10.1 Å². The highest BCUT2D eigenvalue weighted by Crippen LogP contribution is 2.35. The Kier molecular flexibility index (Phi) is 3.76. The molecule has 3 aromatic rings. The third kappa shape index (κ3) is 3.00. The Morgan fingerprint density at radius 3 is 2.76 bits per heavy atom. The Balaban J connectivity index is 1.74. The standard InChI is InChI=1S/C20H23N3O2/c1-20(2,3)19-21-17(22-25-19)12-23-11-15(24)10-14-9-8-13-6-4-5-7-16(13)18(14)23/h4-9,15,24H,10-12H2,1-3H3/t15-/m0/s1. The van der Waals surface area contributed by atoms with Gasteiger partial charge in [-0.1, -0.05) is 62.3 Å². The number of aliphatic hydroxyl groups is 1. The second-order valence-electron chi connectivity index (χ2n) is 7.80. The van der Waals surface area contributed by atoms with Gasteiger partial charge in [0.2, 0.25) is 5.89 Å². The number of hydrogen-bond donors (Lipinski definition) is 1. The molecule has 25 heavy (non-hydrogen) atoms. The van der Waals surface area contributed by atoms with Crippen LogP contribution >= 0.6 is 0 Å². The molecule has 0 saturated heterocycles. The molecule has 4 rings (SSSR count). The quantitative estimate of drug-likeness (QED) is 0.776. The monoisotopic (exact) mass is 337 g/mol. The van der Waals surface area contributed by atoms with Gasteiger partial charge in [-0.2, -0.15) is 4.98 Å². The van der Waals surface area contributed by atoms with Crippen molar-refractivity contribution in [3.8, 4) is 0 Å². The summed E-state index contributed by atoms with van der Waals surface area (Å²) in [6.07, 6.45) is 0.290. The van der Waals surface area contributed by atoms with Crippen LogP contribution in [0.1, 0.15) is 38.0 Å². The van der Waals surface area contributed by atoms with Crippen LogP contribution in [-0.4, -0.2) is 27.9 Å². The minimum atomic E-state index is -0.386. The first-order chi connectivity index (χ1) is 11.9. The molecule has 0 aliphatic carbocycles. The smallest absolute Gasteiger partial charge is 0.232 e. The third-order valence-corrected chi connectivity index (χ3v) is 4.63. The van der Waals surface area contributed by atoms with Gasteiger partial charge in [0.1, 0.15) is 0 Å². The number of aliphatic hydroxyl groups excluding tert-OH is 1. The van der Waals surface area contributed by atoms with E-state index in [1.165, 1.54) is 16.5 Å². The Hall–Kier alpha value is -2.40. The molecule has 1 atom stereocenters. The van der Waals surface area contributed by atoms with Crippen LogP contribution in [0.25, 0.3) is 10.8 Å². The second-order valence-corrected chi connectivity index (χ2v) is 7.80. The van der Waals surface area contributed by atoms with Crippen LogP contribution < -0.4 is 4.90 Å². The number of benzene rings is 2. The number of fused-ring (bicyclic) bond motifs is 3. The lowest BCUT2D eigenvalue weighted by molar-refractivity contribution is 0.174. The molecule has 0 radical (unpaired) electrons. The summed E-state index contributed by atoms with van der Waals surface area (Å²) in [4.78, 5) is 6.72. The first-order valence-electron chi connectivity index (χ1n) is 8.68. The topological polar surface area (TPSA) is 62.4 Å². The van der Waals surface area contributed by atoms with E-state index < -0.39 is 0 Å². The van der Waals surface area contributed by atoms with Gasteiger partial charge < -0.3 is 14.5 Å². The fourth-order valence-corrected chi connectivity index (χ4v) is 3.44. The molecule has 1 aromatic heterocycles. The van der Waals surface area contributed by atoms with E-state index in [1.54, 1.807) is 0 Å². The van der Waals surface area contributed by atoms with Gasteiger partial charge in [0, 0.05) is 29.5 Å². The molecule has 0 saturated carbocycles. The zero-order chi connectivity index (χ0) is 17.6. The third-order valence-electron chi connectivity index (χ3n) is 4.63. The van der Waals surface area contributed by atoms with Gasteiger partial charge in [0.05, 0.1) is 12.6 Å². The van der Waals surface area contributed by atoms with Crippen LogP contribution in [-0.2, 0) is 18.4 Å². The molecule has 0 bridgehead atoms. The van der Waals surface area contributed by atoms with Crippen LogP contribution in [0, 0.1) is 0 Å². The second kappa shape index (κ2) is 5.85. The summed E-state index contributed by atoms with van der Waals surface area (Å²) in [5.74, 6) is 1.29. The number of anilines is 1. The van der Waals surface area contributed by atoms with Crippen molar-refractivity contribution < 1.29 is 9.63 Å². The molecular weight excluding hydrogens is 314 g/mol. The zero-order valence-corrected chi connectivity index (χ0v) is 14.9. The zero-order valence-electron chi connectivity index (χ0n) is 14.9. The highest BCUT2D eigenvalue weighted by Gasteiger charge is 2.27. The first kappa shape index (κ1) is 16.1. The van der Waals surface area contributed by atoms with E-state index in [2.05, 4.69) is 66.1 Å². The minimum absolute atomic E-state index is 0.169. The lowest BCUT2D eigenvalue weighted by Crippen LogP contribution is -2.38. The van der Waals surface area contributed by atoms with E-state index in [0.717, 1.165) is 5.56 Å². The summed E-state index contributed by atoms with van der Waals surface area (Å²) < 4.78 is 5.42. The summed E-state index contributed by atoms with van der Waals surface area (Å²) in [5.41, 5.74) is 2.17. The Morgan fingerprint density at radius 2 is 2.00 bits per heavy atom. The highest BCUT2D eigenvalue weighted by atomic mass is 16.5. The number of rotatable bonds is 2. The van der Waals surface area contributed by atoms with Crippen molar-refractivity contribution in [1.29, 1.82) is 0 Å². The van der Waals surface area contributed by atoms with Gasteiger partial charge in [-0.15, -0.1) is 0 Å². The van der Waals surface area contributed by atoms with E-state index in [9.17, 15) is 5.11 Å². The molecule has 5 nitrogen and oxygen atoms in total. The van der Waals surface area contributed by atoms with Crippen molar-refractivity contribution in [2.24, 2.45) is 0 Å². The van der Waals surface area contributed by atoms with Crippen LogP contribution in [0.5, 0.6) is 0 Å². The van der Waals surface area contributed by atoms with E-state index in [4.69, 9.17) is 4.52 Å². The average Bonchev–Trinajstić information content (AvgIpc) is 3.03. The Morgan fingerprint density at radius 1 is 1.20 bits per heavy atom. The SMILES string of the molecule is CC(C)(C)c1nc(CN2C[C@@H](O)Cc3ccc4ccccc4c32)no1. The molecule has 0 fully saturated rings. The van der Waals surface area contributed by atoms with Crippen molar-refractivity contribution in [2.45, 2.75) is 45.3 Å². The number of β-amino-alcohol motifs (C(OH)–C–C–N with tert-alkyl or cyclic N) is 1. The lowest BCUT2D eigenvalue weighted by Gasteiger charge is -2.34. The molecule has 1 aliphatic heterocycles. The maximum absolute atomic E-state index is 10.3. The van der Waals surface area contributed by atoms with Crippen molar-refractivity contribution >= 4 is 16.5 Å². The van der Waals surface area contributed by atoms with Gasteiger partial charge in [0.25, 0.3) is 0 Å². The van der Waals surface area contributed by atoms with Gasteiger partial charge >= 0.3 is 0 Å². The van der Waals surface area contributed by atoms with Crippen LogP contribution in [0.3, 0.4) is 0 Å². The predicted octanol–water partition coefficient (Wildman–Crippen LogP) is 3.44. The molecule has 0 spiro atoms. The predicted molar refractivity (Wildman–Crippen MR) is 97.7 cm³/mol. The molecule has 1 N–H and O–H groups in total. The first-order valence-corrected chi connectivity index (χ1v) is 8.68. The highest BCUT2D eigenvalue weighted by molar-refractivity contribution is 5.96. The minimum Gasteiger partial charge on any atom is -0.391 e. The van der Waals surface area contributed by atoms with E-state index in [1.807, 2.05) is 6.07 Å². The molecule has 2 aromatic carbocycles. The average molecular weight is 337 g/mol. The van der Waals surface area contributed by atoms with Crippen molar-refractivity contribution in [3.63, 3.8) is 0 Å². The summed E-state index contributed by atoms with van der Waals surface area (Å²) in [5, 5.41) is 16.9. The molecule has 0 amide bonds. The number of nitrogens with zero attached hydrogens (tertiary/aromatic N) is 3. The van der Waals surface area contributed by atoms with E-state index in [0.29, 0.717) is 31.2 Å². The van der Waals surface area contributed by atoms with Gasteiger partial charge in [0.15, 0.2) is 5.82 Å². The normalized spacial score (nSPS) is 17.8. The van der Waals surface area contributed by atoms with Crippen LogP contribution in [0.15, 0.2) is 40.9 Å². The van der Waals surface area contributed by atoms with E-state index in [-0.39, 0.29) is 11.5 Å². The molecular formula is C20H23N3O2. The summed E-state index contributed by atoms with van der Waals surface area (Å²) in [7, 11) is 0. The largest absolute Gasteiger partial charge is 0.391 e. The molecule has 2 heterocycles. The van der Waals surface area contributed by atoms with Crippen molar-refractivity contribution in [2.75, 3.05) is 11.4 Å². The summed E-state index contributed by atoms with van der Waals surface area (Å²) in [6.45, 7) is 7.26. The van der Waals surface area contributed by atoms with Gasteiger partial charge in [-0.05, 0) is 10.9 Å². The van der Waals surface area contributed by atoms with Crippen LogP contribution in [0.4, 0.5) is 5.69 Å². The fraction of sp³-hybridized carbons (Fsp3) is 0.400. The summed E-state index contributed by atoms with van der Waals surface area (Å²) in [6, 6.07) is 12.6. The number of hydrogen-bond acceptors (Lipinski definition) is 5. The molecule has 130 valence electrons. The summed E-state index contributed by atoms with van der Waals surface area (Å²) >= 11 is 0. The van der Waals surface area contributed by atoms with Gasteiger partial charge in [-0.25, -0.2) is 0 Å². The Bertz CT molecular complexity index is 911. The molecule has 0 unspecified atom stereocenters. The Labute approximate surface area is 147 Å². The number of aromatic nitrogens is 2. The van der Waals surface area contributed by atoms with Gasteiger partial charge in [-0.3, -0.25) is 0 Å². The van der Waals surface area contributed by atoms with Crippen LogP contribution in [0.2, 0.25) is 0 Å². The molecule has 5 heteroatoms. The fourth-order valence-electron chi connectivity index (χ4n) is 3.44. The van der Waals surface area contributed by atoms with E-state index >= 15 is 0 Å². The maximum Gasteiger partial charge on any atom is 0.232 e. The lowest BCUT2D eigenvalue weighted by atomic mass is 9.95. The molecule has 1 aliphatic rings. The van der Waals surface area contributed by atoms with Crippen molar-refractivity contribution in [3.05, 3.63) is 53.7 Å².